The zero-order valence-corrected chi connectivity index (χ0v) is 15.5. The smallest absolute Gasteiger partial charge is 0.368 e. The van der Waals surface area contributed by atoms with E-state index < -0.39 is 39.2 Å². The number of nitrogens with two attached hydrogens (primary N) is 1. The molecule has 1 aliphatic rings. The highest BCUT2D eigenvalue weighted by molar-refractivity contribution is 6.32. The van der Waals surface area contributed by atoms with Crippen molar-refractivity contribution in [3.05, 3.63) is 58.9 Å². The number of nitrogens with zero attached hydrogens (tertiary/aromatic N) is 3. The molecule has 2 aromatic rings. The summed E-state index contributed by atoms with van der Waals surface area (Å²) in [6, 6.07) is 5.39. The average molecular weight is 414 g/mol. The van der Waals surface area contributed by atoms with E-state index in [2.05, 4.69) is 4.98 Å². The fraction of sp³-hybridized carbons (Fsp3) is 0.278. The molecular formula is C18H17ClF3N4O2+. The molecule has 1 saturated heterocycles. The molecule has 0 spiro atoms. The minimum Gasteiger partial charge on any atom is -0.368 e. The second kappa shape index (κ2) is 7.06. The van der Waals surface area contributed by atoms with Crippen molar-refractivity contribution in [1.82, 2.24) is 14.4 Å². The minimum absolute atomic E-state index is 0.0388. The van der Waals surface area contributed by atoms with Crippen LogP contribution in [0.2, 0.25) is 5.02 Å². The monoisotopic (exact) mass is 413 g/mol. The molecule has 2 heterocycles. The number of benzene rings is 1. The van der Waals surface area contributed by atoms with Crippen LogP contribution in [0.15, 0.2) is 42.7 Å². The molecule has 2 unspecified atom stereocenters. The Kier molecular flexibility index (Phi) is 5.07. The first-order chi connectivity index (χ1) is 13.1. The number of aromatic nitrogens is 1. The normalized spacial score (nSPS) is 22.5. The van der Waals surface area contributed by atoms with E-state index in [9.17, 15) is 22.8 Å². The number of likely N-dealkylation sites (N-methyl/N-ethyl adjacent to an activating group) is 1. The van der Waals surface area contributed by atoms with Crippen LogP contribution < -0.4 is 10.2 Å². The van der Waals surface area contributed by atoms with E-state index in [0.717, 1.165) is 6.07 Å². The van der Waals surface area contributed by atoms with Crippen molar-refractivity contribution in [1.29, 1.82) is 0 Å². The van der Waals surface area contributed by atoms with Crippen molar-refractivity contribution in [3.8, 4) is 0 Å². The summed E-state index contributed by atoms with van der Waals surface area (Å²) >= 11 is 6.04. The predicted molar refractivity (Wildman–Crippen MR) is 97.2 cm³/mol. The van der Waals surface area contributed by atoms with Crippen molar-refractivity contribution >= 4 is 29.2 Å². The Labute approximate surface area is 163 Å². The summed E-state index contributed by atoms with van der Waals surface area (Å²) in [4.78, 5) is 30.2. The number of hydrogen-bond donors (Lipinski definition) is 1. The van der Waals surface area contributed by atoms with Crippen LogP contribution in [0.4, 0.5) is 23.7 Å². The van der Waals surface area contributed by atoms with Gasteiger partial charge in [0.05, 0.1) is 16.8 Å². The third-order valence-corrected chi connectivity index (χ3v) is 5.36. The molecule has 3 rings (SSSR count). The number of carbonyl (C=O) groups is 2. The molecule has 0 saturated carbocycles. The summed E-state index contributed by atoms with van der Waals surface area (Å²) < 4.78 is 39.2. The predicted octanol–water partition coefficient (Wildman–Crippen LogP) is 3.18. The van der Waals surface area contributed by atoms with Crippen LogP contribution in [-0.2, 0) is 17.5 Å². The van der Waals surface area contributed by atoms with Gasteiger partial charge in [-0.15, -0.1) is 0 Å². The van der Waals surface area contributed by atoms with Gasteiger partial charge in [0, 0.05) is 24.9 Å². The number of carbonyl (C=O) groups excluding carboxylic acids is 2. The lowest BCUT2D eigenvalue weighted by atomic mass is 10.1. The van der Waals surface area contributed by atoms with Gasteiger partial charge in [-0.3, -0.25) is 14.7 Å². The number of quaternary nitrogens is 1. The van der Waals surface area contributed by atoms with Gasteiger partial charge in [-0.2, -0.15) is 13.2 Å². The van der Waals surface area contributed by atoms with Gasteiger partial charge in [-0.25, -0.2) is 9.28 Å². The SMILES string of the molecule is CN1C(=O)[N+](Cc2cccc(C(F)(F)F)c2Cl)(c2cccnc2)CC1C(N)=O. The summed E-state index contributed by atoms with van der Waals surface area (Å²) in [5, 5.41) is -0.477. The Morgan fingerprint density at radius 1 is 1.36 bits per heavy atom. The molecule has 2 atom stereocenters. The molecule has 1 aliphatic heterocycles. The summed E-state index contributed by atoms with van der Waals surface area (Å²) in [7, 11) is 1.43. The number of urea groups is 1. The highest BCUT2D eigenvalue weighted by Gasteiger charge is 2.55. The van der Waals surface area contributed by atoms with Crippen LogP contribution in [0, 0.1) is 0 Å². The number of alkyl halides is 3. The first kappa shape index (κ1) is 20.1. The average Bonchev–Trinajstić information content (AvgIpc) is 2.89. The molecule has 0 radical (unpaired) electrons. The Morgan fingerprint density at radius 2 is 2.07 bits per heavy atom. The molecule has 3 amide bonds. The number of rotatable bonds is 4. The molecule has 1 aromatic heterocycles. The number of pyridine rings is 1. The van der Waals surface area contributed by atoms with E-state index in [4.69, 9.17) is 17.3 Å². The van der Waals surface area contributed by atoms with E-state index >= 15 is 0 Å². The summed E-state index contributed by atoms with van der Waals surface area (Å²) in [5.41, 5.74) is 5.00. The topological polar surface area (TPSA) is 76.3 Å². The lowest BCUT2D eigenvalue weighted by Crippen LogP contribution is -2.51. The number of amides is 3. The summed E-state index contributed by atoms with van der Waals surface area (Å²) in [5.74, 6) is -0.699. The maximum Gasteiger partial charge on any atom is 0.425 e. The molecule has 1 fully saturated rings. The molecule has 6 nitrogen and oxygen atoms in total. The van der Waals surface area contributed by atoms with Crippen molar-refractivity contribution in [2.24, 2.45) is 5.73 Å². The third kappa shape index (κ3) is 3.31. The molecule has 10 heteroatoms. The molecule has 28 heavy (non-hydrogen) atoms. The van der Waals surface area contributed by atoms with Crippen molar-refractivity contribution in [2.45, 2.75) is 18.8 Å². The molecule has 0 aliphatic carbocycles. The number of halogens is 4. The maximum atomic E-state index is 13.2. The van der Waals surface area contributed by atoms with Crippen LogP contribution >= 0.6 is 11.6 Å². The van der Waals surface area contributed by atoms with E-state index in [1.165, 1.54) is 36.5 Å². The number of primary amides is 1. The van der Waals surface area contributed by atoms with Gasteiger partial charge in [0.2, 0.25) is 5.91 Å². The molecule has 1 aromatic carbocycles. The highest BCUT2D eigenvalue weighted by Crippen LogP contribution is 2.39. The minimum atomic E-state index is -4.63. The van der Waals surface area contributed by atoms with Gasteiger partial charge >= 0.3 is 12.2 Å². The fourth-order valence-corrected chi connectivity index (χ4v) is 3.76. The second-order valence-corrected chi connectivity index (χ2v) is 6.99. The van der Waals surface area contributed by atoms with Crippen LogP contribution in [0.3, 0.4) is 0 Å². The first-order valence-electron chi connectivity index (χ1n) is 8.27. The lowest BCUT2D eigenvalue weighted by molar-refractivity contribution is -0.137. The Bertz CT molecular complexity index is 923. The molecule has 2 N–H and O–H groups in total. The van der Waals surface area contributed by atoms with Gasteiger partial charge in [0.25, 0.3) is 0 Å². The standard InChI is InChI=1S/C18H16ClF3N4O2/c1-25-14(16(23)27)10-26(17(25)28,12-5-3-7-24-8-12)9-11-4-2-6-13(15(11)19)18(20,21)22/h2-8,14H,9-10H2,1H3,(H-,23,27)/p+1. The van der Waals surface area contributed by atoms with E-state index in [1.54, 1.807) is 12.1 Å². The van der Waals surface area contributed by atoms with Crippen LogP contribution in [-0.4, -0.2) is 41.5 Å². The van der Waals surface area contributed by atoms with Gasteiger partial charge in [0.1, 0.15) is 13.1 Å². The summed E-state index contributed by atoms with van der Waals surface area (Å²) in [6.45, 7) is -0.218. The Balaban J connectivity index is 2.14. The molecule has 0 bridgehead atoms. The maximum absolute atomic E-state index is 13.2. The lowest BCUT2D eigenvalue weighted by Gasteiger charge is -2.30. The van der Waals surface area contributed by atoms with Crippen LogP contribution in [0.1, 0.15) is 11.1 Å². The molecule has 148 valence electrons. The highest BCUT2D eigenvalue weighted by atomic mass is 35.5. The van der Waals surface area contributed by atoms with Crippen molar-refractivity contribution in [2.75, 3.05) is 13.6 Å². The first-order valence-corrected chi connectivity index (χ1v) is 8.64. The molecular weight excluding hydrogens is 397 g/mol. The zero-order valence-electron chi connectivity index (χ0n) is 14.8. The summed E-state index contributed by atoms with van der Waals surface area (Å²) in [6.07, 6.45) is -1.68. The van der Waals surface area contributed by atoms with Gasteiger partial charge < -0.3 is 5.73 Å². The van der Waals surface area contributed by atoms with E-state index in [1.807, 2.05) is 0 Å². The van der Waals surface area contributed by atoms with Gasteiger partial charge in [-0.1, -0.05) is 23.7 Å². The fourth-order valence-electron chi connectivity index (χ4n) is 3.47. The zero-order chi connectivity index (χ0) is 20.7. The van der Waals surface area contributed by atoms with Gasteiger partial charge in [0.15, 0.2) is 11.7 Å². The largest absolute Gasteiger partial charge is 0.425 e. The van der Waals surface area contributed by atoms with Crippen LogP contribution in [0.25, 0.3) is 0 Å². The Hall–Kier alpha value is -2.65. The van der Waals surface area contributed by atoms with E-state index in [-0.39, 0.29) is 18.7 Å². The van der Waals surface area contributed by atoms with Crippen LogP contribution in [0.5, 0.6) is 0 Å². The quantitative estimate of drug-likeness (QED) is 0.782. The number of hydrogen-bond acceptors (Lipinski definition) is 3. The Morgan fingerprint density at radius 3 is 2.61 bits per heavy atom. The van der Waals surface area contributed by atoms with Crippen molar-refractivity contribution in [3.63, 3.8) is 0 Å². The van der Waals surface area contributed by atoms with E-state index in [0.29, 0.717) is 5.69 Å². The van der Waals surface area contributed by atoms with Gasteiger partial charge in [-0.05, 0) is 12.1 Å². The second-order valence-electron chi connectivity index (χ2n) is 6.61. The third-order valence-electron chi connectivity index (χ3n) is 4.91. The van der Waals surface area contributed by atoms with Crippen molar-refractivity contribution < 1.29 is 22.8 Å².